The van der Waals surface area contributed by atoms with Gasteiger partial charge in [0.15, 0.2) is 0 Å². The van der Waals surface area contributed by atoms with Gasteiger partial charge in [0, 0.05) is 19.6 Å². The fraction of sp³-hybridized carbons (Fsp3) is 0.684. The van der Waals surface area contributed by atoms with Crippen molar-refractivity contribution in [1.29, 1.82) is 0 Å². The van der Waals surface area contributed by atoms with Crippen LogP contribution in [-0.2, 0) is 13.1 Å². The van der Waals surface area contributed by atoms with Crippen LogP contribution in [0.2, 0.25) is 0 Å². The highest BCUT2D eigenvalue weighted by molar-refractivity contribution is 5.27. The summed E-state index contributed by atoms with van der Waals surface area (Å²) >= 11 is 0. The predicted molar refractivity (Wildman–Crippen MR) is 93.5 cm³/mol. The van der Waals surface area contributed by atoms with E-state index < -0.39 is 0 Å². The minimum Gasteiger partial charge on any atom is -0.313 e. The lowest BCUT2D eigenvalue weighted by Gasteiger charge is -2.26. The SMILES string of the molecule is CCCNCc1ccccc1CN(CC)CC(CC)CC. The lowest BCUT2D eigenvalue weighted by atomic mass is 10.0. The summed E-state index contributed by atoms with van der Waals surface area (Å²) in [5.74, 6) is 0.829. The van der Waals surface area contributed by atoms with E-state index in [1.54, 1.807) is 0 Å². The third kappa shape index (κ3) is 6.62. The molecule has 0 aliphatic rings. The zero-order valence-electron chi connectivity index (χ0n) is 14.5. The van der Waals surface area contributed by atoms with Crippen molar-refractivity contribution < 1.29 is 0 Å². The van der Waals surface area contributed by atoms with Gasteiger partial charge in [0.25, 0.3) is 0 Å². The molecule has 0 saturated heterocycles. The molecule has 21 heavy (non-hydrogen) atoms. The number of hydrogen-bond donors (Lipinski definition) is 1. The number of nitrogens with zero attached hydrogens (tertiary/aromatic N) is 1. The lowest BCUT2D eigenvalue weighted by Crippen LogP contribution is -2.29. The highest BCUT2D eigenvalue weighted by atomic mass is 15.1. The van der Waals surface area contributed by atoms with Crippen molar-refractivity contribution in [3.8, 4) is 0 Å². The fourth-order valence-electron chi connectivity index (χ4n) is 2.74. The summed E-state index contributed by atoms with van der Waals surface area (Å²) in [6.45, 7) is 14.6. The summed E-state index contributed by atoms with van der Waals surface area (Å²) in [6.07, 6.45) is 3.76. The van der Waals surface area contributed by atoms with Gasteiger partial charge in [-0.25, -0.2) is 0 Å². The Balaban J connectivity index is 2.66. The van der Waals surface area contributed by atoms with Crippen LogP contribution in [0.1, 0.15) is 58.1 Å². The average molecular weight is 290 g/mol. The first-order chi connectivity index (χ1) is 10.2. The van der Waals surface area contributed by atoms with Crippen molar-refractivity contribution in [2.45, 2.75) is 60.0 Å². The largest absolute Gasteiger partial charge is 0.313 e. The second kappa shape index (κ2) is 10.8. The lowest BCUT2D eigenvalue weighted by molar-refractivity contribution is 0.225. The summed E-state index contributed by atoms with van der Waals surface area (Å²) in [7, 11) is 0. The zero-order chi connectivity index (χ0) is 15.5. The second-order valence-corrected chi connectivity index (χ2v) is 5.96. The Morgan fingerprint density at radius 2 is 1.67 bits per heavy atom. The zero-order valence-corrected chi connectivity index (χ0v) is 14.5. The van der Waals surface area contributed by atoms with Gasteiger partial charge in [0.2, 0.25) is 0 Å². The molecule has 0 unspecified atom stereocenters. The maximum atomic E-state index is 3.53. The molecule has 2 nitrogen and oxygen atoms in total. The van der Waals surface area contributed by atoms with Crippen LogP contribution >= 0.6 is 0 Å². The Kier molecular flexibility index (Phi) is 9.36. The molecule has 0 heterocycles. The van der Waals surface area contributed by atoms with E-state index in [4.69, 9.17) is 0 Å². The molecule has 0 aliphatic carbocycles. The van der Waals surface area contributed by atoms with E-state index in [-0.39, 0.29) is 0 Å². The first-order valence-corrected chi connectivity index (χ1v) is 8.74. The van der Waals surface area contributed by atoms with E-state index in [1.807, 2.05) is 0 Å². The van der Waals surface area contributed by atoms with Crippen molar-refractivity contribution in [3.63, 3.8) is 0 Å². The molecule has 0 spiro atoms. The van der Waals surface area contributed by atoms with Crippen LogP contribution in [0.25, 0.3) is 0 Å². The third-order valence-electron chi connectivity index (χ3n) is 4.37. The van der Waals surface area contributed by atoms with Crippen molar-refractivity contribution in [3.05, 3.63) is 35.4 Å². The highest BCUT2D eigenvalue weighted by Crippen LogP contribution is 2.15. The van der Waals surface area contributed by atoms with Gasteiger partial charge in [-0.15, -0.1) is 0 Å². The Labute approximate surface area is 131 Å². The molecule has 1 aromatic rings. The van der Waals surface area contributed by atoms with Gasteiger partial charge in [0.1, 0.15) is 0 Å². The maximum Gasteiger partial charge on any atom is 0.0236 e. The molecule has 0 fully saturated rings. The second-order valence-electron chi connectivity index (χ2n) is 5.96. The molecule has 0 radical (unpaired) electrons. The van der Waals surface area contributed by atoms with E-state index in [0.29, 0.717) is 0 Å². The van der Waals surface area contributed by atoms with E-state index >= 15 is 0 Å². The fourth-order valence-corrected chi connectivity index (χ4v) is 2.74. The molecular weight excluding hydrogens is 256 g/mol. The Bertz CT molecular complexity index is 372. The van der Waals surface area contributed by atoms with E-state index in [1.165, 1.54) is 36.9 Å². The summed E-state index contributed by atoms with van der Waals surface area (Å²) in [4.78, 5) is 2.59. The van der Waals surface area contributed by atoms with Crippen molar-refractivity contribution >= 4 is 0 Å². The van der Waals surface area contributed by atoms with E-state index in [2.05, 4.69) is 62.2 Å². The van der Waals surface area contributed by atoms with Crippen molar-refractivity contribution in [2.75, 3.05) is 19.6 Å². The Hall–Kier alpha value is -0.860. The van der Waals surface area contributed by atoms with Crippen LogP contribution in [0.4, 0.5) is 0 Å². The Morgan fingerprint density at radius 3 is 2.24 bits per heavy atom. The van der Waals surface area contributed by atoms with Crippen LogP contribution in [0.3, 0.4) is 0 Å². The summed E-state index contributed by atoms with van der Waals surface area (Å²) < 4.78 is 0. The van der Waals surface area contributed by atoms with E-state index in [9.17, 15) is 0 Å². The molecule has 0 amide bonds. The molecule has 1 aromatic carbocycles. The molecule has 2 heteroatoms. The van der Waals surface area contributed by atoms with Crippen molar-refractivity contribution in [1.82, 2.24) is 10.2 Å². The third-order valence-corrected chi connectivity index (χ3v) is 4.37. The van der Waals surface area contributed by atoms with Crippen LogP contribution in [0, 0.1) is 5.92 Å². The molecule has 0 bridgehead atoms. The molecule has 0 aromatic heterocycles. The highest BCUT2D eigenvalue weighted by Gasteiger charge is 2.12. The number of nitrogens with one attached hydrogen (secondary N) is 1. The number of benzene rings is 1. The first kappa shape index (κ1) is 18.2. The molecule has 120 valence electrons. The van der Waals surface area contributed by atoms with Gasteiger partial charge in [-0.3, -0.25) is 4.90 Å². The first-order valence-electron chi connectivity index (χ1n) is 8.74. The van der Waals surface area contributed by atoms with Gasteiger partial charge in [0.05, 0.1) is 0 Å². The molecule has 0 aliphatic heterocycles. The monoisotopic (exact) mass is 290 g/mol. The van der Waals surface area contributed by atoms with Crippen LogP contribution in [0.15, 0.2) is 24.3 Å². The van der Waals surface area contributed by atoms with Gasteiger partial charge in [-0.05, 0) is 36.6 Å². The maximum absolute atomic E-state index is 3.53. The molecule has 0 atom stereocenters. The summed E-state index contributed by atoms with van der Waals surface area (Å²) in [6, 6.07) is 8.88. The normalized spacial score (nSPS) is 11.5. The Morgan fingerprint density at radius 1 is 1.00 bits per heavy atom. The molecule has 1 rings (SSSR count). The van der Waals surface area contributed by atoms with Gasteiger partial charge >= 0.3 is 0 Å². The smallest absolute Gasteiger partial charge is 0.0236 e. The van der Waals surface area contributed by atoms with E-state index in [0.717, 1.165) is 32.1 Å². The van der Waals surface area contributed by atoms with Crippen LogP contribution < -0.4 is 5.32 Å². The minimum absolute atomic E-state index is 0.829. The topological polar surface area (TPSA) is 15.3 Å². The molecule has 0 saturated carbocycles. The van der Waals surface area contributed by atoms with Gasteiger partial charge in [-0.2, -0.15) is 0 Å². The van der Waals surface area contributed by atoms with Crippen LogP contribution in [-0.4, -0.2) is 24.5 Å². The molecular formula is C19H34N2. The number of rotatable bonds is 11. The van der Waals surface area contributed by atoms with Gasteiger partial charge in [-0.1, -0.05) is 64.8 Å². The number of hydrogen-bond acceptors (Lipinski definition) is 2. The average Bonchev–Trinajstić information content (AvgIpc) is 2.53. The quantitative estimate of drug-likeness (QED) is 0.606. The van der Waals surface area contributed by atoms with Crippen molar-refractivity contribution in [2.24, 2.45) is 5.92 Å². The minimum atomic E-state index is 0.829. The predicted octanol–water partition coefficient (Wildman–Crippen LogP) is 4.44. The summed E-state index contributed by atoms with van der Waals surface area (Å²) in [5.41, 5.74) is 2.93. The summed E-state index contributed by atoms with van der Waals surface area (Å²) in [5, 5.41) is 3.53. The molecule has 1 N–H and O–H groups in total. The van der Waals surface area contributed by atoms with Gasteiger partial charge < -0.3 is 5.32 Å². The van der Waals surface area contributed by atoms with Crippen LogP contribution in [0.5, 0.6) is 0 Å². The standard InChI is InChI=1S/C19H34N2/c1-5-13-20-14-18-11-9-10-12-19(18)16-21(8-4)15-17(6-2)7-3/h9-12,17,20H,5-8,13-16H2,1-4H3.